The summed E-state index contributed by atoms with van der Waals surface area (Å²) in [6.45, 7) is 0.0531. The number of carboxylic acids is 1. The zero-order valence-electron chi connectivity index (χ0n) is 20.2. The first-order chi connectivity index (χ1) is 17.2. The maximum Gasteiger partial charge on any atom is 0.320 e. The number of nitrogens with two attached hydrogens (primary N) is 2. The molecule has 0 fully saturated rings. The number of carboxylic acid groups (broad SMARTS) is 1. The molecule has 0 aliphatic carbocycles. The number of carbonyl (C=O) groups excluding carboxylic acids is 3. The molecule has 3 aromatic carbocycles. The Balaban J connectivity index is 2.02. The van der Waals surface area contributed by atoms with Gasteiger partial charge < -0.3 is 21.5 Å². The monoisotopic (exact) mass is 489 g/mol. The number of Topliss-reactive ketones (excluding diaryl/α,β-unsaturated/α-hetero) is 1. The summed E-state index contributed by atoms with van der Waals surface area (Å²) in [6.07, 6.45) is 0.346. The molecule has 2 amide bonds. The second kappa shape index (κ2) is 12.1. The van der Waals surface area contributed by atoms with Crippen LogP contribution in [0.5, 0.6) is 0 Å². The van der Waals surface area contributed by atoms with Gasteiger partial charge in [-0.25, -0.2) is 0 Å². The average Bonchev–Trinajstić information content (AvgIpc) is 2.87. The average molecular weight is 490 g/mol. The third-order valence-electron chi connectivity index (χ3n) is 6.24. The Morgan fingerprint density at radius 1 is 0.917 bits per heavy atom. The lowest BCUT2D eigenvalue weighted by molar-refractivity contribution is -0.139. The summed E-state index contributed by atoms with van der Waals surface area (Å²) in [6, 6.07) is 19.9. The zero-order chi connectivity index (χ0) is 26.2. The molecule has 3 aromatic rings. The van der Waals surface area contributed by atoms with Crippen LogP contribution in [0.2, 0.25) is 0 Å². The number of nitrogens with zero attached hydrogens (tertiary/aromatic N) is 1. The van der Waals surface area contributed by atoms with Crippen molar-refractivity contribution < 1.29 is 24.3 Å². The molecule has 0 saturated carbocycles. The van der Waals surface area contributed by atoms with Gasteiger partial charge in [-0.3, -0.25) is 19.2 Å². The predicted molar refractivity (Wildman–Crippen MR) is 137 cm³/mol. The van der Waals surface area contributed by atoms with E-state index in [4.69, 9.17) is 11.5 Å². The number of ketones is 1. The fourth-order valence-corrected chi connectivity index (χ4v) is 4.16. The fourth-order valence-electron chi connectivity index (χ4n) is 4.16. The van der Waals surface area contributed by atoms with Gasteiger partial charge in [0.25, 0.3) is 0 Å². The molecule has 3 rings (SSSR count). The van der Waals surface area contributed by atoms with E-state index in [-0.39, 0.29) is 25.8 Å². The first-order valence-electron chi connectivity index (χ1n) is 11.8. The van der Waals surface area contributed by atoms with Crippen LogP contribution in [0, 0.1) is 5.92 Å². The lowest BCUT2D eigenvalue weighted by Gasteiger charge is -2.24. The molecule has 0 radical (unpaired) electrons. The number of primary amides is 1. The third-order valence-corrected chi connectivity index (χ3v) is 6.24. The highest BCUT2D eigenvalue weighted by atomic mass is 16.4. The van der Waals surface area contributed by atoms with Crippen LogP contribution >= 0.6 is 0 Å². The molecule has 0 bridgehead atoms. The van der Waals surface area contributed by atoms with Gasteiger partial charge in [0.15, 0.2) is 5.78 Å². The van der Waals surface area contributed by atoms with E-state index in [9.17, 15) is 24.3 Å². The van der Waals surface area contributed by atoms with Gasteiger partial charge in [0.2, 0.25) is 11.8 Å². The van der Waals surface area contributed by atoms with Crippen molar-refractivity contribution in [2.45, 2.75) is 31.7 Å². The third kappa shape index (κ3) is 6.76. The van der Waals surface area contributed by atoms with E-state index in [2.05, 4.69) is 0 Å². The summed E-state index contributed by atoms with van der Waals surface area (Å²) in [5, 5.41) is 11.0. The largest absolute Gasteiger partial charge is 0.480 e. The van der Waals surface area contributed by atoms with Crippen LogP contribution in [0.4, 0.5) is 0 Å². The molecule has 0 aromatic heterocycles. The van der Waals surface area contributed by atoms with Crippen molar-refractivity contribution in [2.24, 2.45) is 17.4 Å². The van der Waals surface area contributed by atoms with Crippen molar-refractivity contribution in [1.29, 1.82) is 0 Å². The first-order valence-corrected chi connectivity index (χ1v) is 11.8. The van der Waals surface area contributed by atoms with Crippen molar-refractivity contribution in [1.82, 2.24) is 4.90 Å². The zero-order valence-corrected chi connectivity index (χ0v) is 20.2. The summed E-state index contributed by atoms with van der Waals surface area (Å²) < 4.78 is 0. The molecular formula is C28H31N3O5. The van der Waals surface area contributed by atoms with Crippen molar-refractivity contribution in [3.8, 4) is 0 Å². The van der Waals surface area contributed by atoms with Crippen LogP contribution in [0.25, 0.3) is 10.8 Å². The molecule has 5 N–H and O–H groups in total. The Morgan fingerprint density at radius 3 is 2.14 bits per heavy atom. The van der Waals surface area contributed by atoms with E-state index in [1.54, 1.807) is 6.07 Å². The maximum atomic E-state index is 13.9. The van der Waals surface area contributed by atoms with Crippen LogP contribution in [-0.2, 0) is 20.8 Å². The van der Waals surface area contributed by atoms with Gasteiger partial charge >= 0.3 is 5.97 Å². The van der Waals surface area contributed by atoms with E-state index < -0.39 is 35.5 Å². The molecule has 8 nitrogen and oxygen atoms in total. The summed E-state index contributed by atoms with van der Waals surface area (Å²) in [7, 11) is 1.49. The minimum absolute atomic E-state index is 0.0380. The Bertz CT molecular complexity index is 1260. The molecule has 1 unspecified atom stereocenters. The first kappa shape index (κ1) is 26.6. The standard InChI is InChI=1S/C28H31N3O5/c1-31(14-13-25(30)32)27(34)22(11-12-24(29)28(35)36)26(33)23-17-20-10-6-5-9-19(20)16-21(23)15-18-7-3-2-4-8-18/h2-10,16-17,22,24H,11-15,29H2,1H3,(H2,30,32)(H,35,36)/t22-,24?/m1/s1. The van der Waals surface area contributed by atoms with Gasteiger partial charge in [-0.1, -0.05) is 60.7 Å². The minimum Gasteiger partial charge on any atom is -0.480 e. The molecule has 0 spiro atoms. The smallest absolute Gasteiger partial charge is 0.320 e. The number of carbonyl (C=O) groups is 4. The van der Waals surface area contributed by atoms with Crippen LogP contribution in [-0.4, -0.2) is 53.2 Å². The fraction of sp³-hybridized carbons (Fsp3) is 0.286. The summed E-state index contributed by atoms with van der Waals surface area (Å²) in [5.74, 6) is -3.82. The van der Waals surface area contributed by atoms with Gasteiger partial charge in [0, 0.05) is 25.6 Å². The molecule has 0 saturated heterocycles. The molecule has 2 atom stereocenters. The number of fused-ring (bicyclic) bond motifs is 1. The van der Waals surface area contributed by atoms with E-state index in [1.807, 2.05) is 60.7 Å². The number of benzene rings is 3. The number of hydrogen-bond acceptors (Lipinski definition) is 5. The molecular weight excluding hydrogens is 458 g/mol. The summed E-state index contributed by atoms with van der Waals surface area (Å²) in [5.41, 5.74) is 13.1. The summed E-state index contributed by atoms with van der Waals surface area (Å²) >= 11 is 0. The number of amides is 2. The van der Waals surface area contributed by atoms with Crippen LogP contribution < -0.4 is 11.5 Å². The van der Waals surface area contributed by atoms with E-state index in [0.717, 1.165) is 21.9 Å². The van der Waals surface area contributed by atoms with Crippen LogP contribution in [0.15, 0.2) is 66.7 Å². The Hall–Kier alpha value is -4.04. The number of aliphatic carboxylic acids is 1. The molecule has 0 heterocycles. The highest BCUT2D eigenvalue weighted by molar-refractivity contribution is 6.12. The lowest BCUT2D eigenvalue weighted by atomic mass is 9.85. The van der Waals surface area contributed by atoms with Gasteiger partial charge in [-0.2, -0.15) is 0 Å². The number of rotatable bonds is 12. The van der Waals surface area contributed by atoms with Crippen LogP contribution in [0.1, 0.15) is 40.7 Å². The quantitative estimate of drug-likeness (QED) is 0.264. The highest BCUT2D eigenvalue weighted by Crippen LogP contribution is 2.27. The molecule has 8 heteroatoms. The normalized spacial score (nSPS) is 12.6. The van der Waals surface area contributed by atoms with Gasteiger partial charge in [0.05, 0.1) is 0 Å². The van der Waals surface area contributed by atoms with Gasteiger partial charge in [-0.15, -0.1) is 0 Å². The van der Waals surface area contributed by atoms with Crippen molar-refractivity contribution in [3.05, 3.63) is 83.4 Å². The summed E-state index contributed by atoms with van der Waals surface area (Å²) in [4.78, 5) is 51.1. The van der Waals surface area contributed by atoms with Gasteiger partial charge in [0.1, 0.15) is 12.0 Å². The van der Waals surface area contributed by atoms with E-state index in [1.165, 1.54) is 11.9 Å². The Morgan fingerprint density at radius 2 is 1.53 bits per heavy atom. The van der Waals surface area contributed by atoms with E-state index >= 15 is 0 Å². The van der Waals surface area contributed by atoms with Crippen LogP contribution in [0.3, 0.4) is 0 Å². The second-order valence-corrected chi connectivity index (χ2v) is 8.93. The van der Waals surface area contributed by atoms with Gasteiger partial charge in [-0.05, 0) is 47.2 Å². The topological polar surface area (TPSA) is 144 Å². The number of hydrogen-bond donors (Lipinski definition) is 3. The predicted octanol–water partition coefficient (Wildman–Crippen LogP) is 2.76. The Kier molecular flexibility index (Phi) is 8.91. The Labute approximate surface area is 209 Å². The second-order valence-electron chi connectivity index (χ2n) is 8.93. The van der Waals surface area contributed by atoms with E-state index in [0.29, 0.717) is 12.0 Å². The van der Waals surface area contributed by atoms with Crippen molar-refractivity contribution in [3.63, 3.8) is 0 Å². The lowest BCUT2D eigenvalue weighted by Crippen LogP contribution is -2.40. The molecule has 36 heavy (non-hydrogen) atoms. The molecule has 0 aliphatic heterocycles. The maximum absolute atomic E-state index is 13.9. The highest BCUT2D eigenvalue weighted by Gasteiger charge is 2.32. The molecule has 0 aliphatic rings. The molecule has 188 valence electrons. The SMILES string of the molecule is CN(CCC(N)=O)C(=O)[C@H](CCC(N)C(=O)O)C(=O)c1cc2ccccc2cc1Cc1ccccc1. The van der Waals surface area contributed by atoms with Crippen molar-refractivity contribution >= 4 is 34.3 Å². The van der Waals surface area contributed by atoms with Crippen molar-refractivity contribution in [2.75, 3.05) is 13.6 Å². The minimum atomic E-state index is -1.20.